The highest BCUT2D eigenvalue weighted by atomic mass is 32.1. The highest BCUT2D eigenvalue weighted by Crippen LogP contribution is 2.35. The third-order valence-corrected chi connectivity index (χ3v) is 8.64. The van der Waals surface area contributed by atoms with Crippen LogP contribution >= 0.6 is 11.3 Å². The van der Waals surface area contributed by atoms with Crippen LogP contribution in [-0.4, -0.2) is 64.8 Å². The number of piperazine rings is 1. The van der Waals surface area contributed by atoms with Gasteiger partial charge in [-0.15, -0.1) is 11.3 Å². The highest BCUT2D eigenvalue weighted by Gasteiger charge is 2.30. The van der Waals surface area contributed by atoms with E-state index < -0.39 is 0 Å². The number of aromatic nitrogens is 2. The number of nitrogens with zero attached hydrogens (tertiary/aromatic N) is 5. The Morgan fingerprint density at radius 2 is 1.86 bits per heavy atom. The fourth-order valence-electron chi connectivity index (χ4n) is 5.57. The Balaban J connectivity index is 1.13. The molecule has 192 valence electrons. The number of aryl methyl sites for hydroxylation is 1. The topological polar surface area (TPSA) is 70.9 Å². The third-order valence-electron chi connectivity index (χ3n) is 7.52. The molecule has 0 aliphatic carbocycles. The normalized spacial score (nSPS) is 16.1. The predicted octanol–water partition coefficient (Wildman–Crippen LogP) is 4.21. The van der Waals surface area contributed by atoms with E-state index >= 15 is 0 Å². The lowest BCUT2D eigenvalue weighted by atomic mass is 10.0. The number of carbonyl (C=O) groups is 1. The van der Waals surface area contributed by atoms with Crippen LogP contribution in [0.1, 0.15) is 22.9 Å². The Morgan fingerprint density at radius 1 is 1.05 bits per heavy atom. The molecule has 4 aromatic rings. The van der Waals surface area contributed by atoms with Gasteiger partial charge in [-0.25, -0.2) is 9.78 Å². The third kappa shape index (κ3) is 4.36. The summed E-state index contributed by atoms with van der Waals surface area (Å²) in [5.41, 5.74) is 3.56. The van der Waals surface area contributed by atoms with Gasteiger partial charge >= 0.3 is 6.09 Å². The summed E-state index contributed by atoms with van der Waals surface area (Å²) >= 11 is 1.50. The van der Waals surface area contributed by atoms with E-state index in [0.717, 1.165) is 48.0 Å². The van der Waals surface area contributed by atoms with Gasteiger partial charge in [0.05, 0.1) is 31.4 Å². The van der Waals surface area contributed by atoms with Crippen LogP contribution in [-0.2, 0) is 24.4 Å². The van der Waals surface area contributed by atoms with Crippen molar-refractivity contribution in [1.29, 1.82) is 0 Å². The van der Waals surface area contributed by atoms with E-state index in [0.29, 0.717) is 31.6 Å². The standard InChI is InChI=1S/C28H31N5O3S/c1-3-36-28(35)33-16-22-23(17-33)37-26-24(22)27(34)32(18-29-26)15-12-30-10-13-31(14-11-30)25-19(2)8-9-20-6-4-5-7-21(20)25/h4-9,18H,3,10-17H2,1-2H3. The Labute approximate surface area is 219 Å². The molecule has 2 aliphatic rings. The molecule has 8 nitrogen and oxygen atoms in total. The van der Waals surface area contributed by atoms with E-state index in [2.05, 4.69) is 58.1 Å². The van der Waals surface area contributed by atoms with E-state index in [1.807, 2.05) is 0 Å². The molecule has 1 saturated heterocycles. The number of ether oxygens (including phenoxy) is 1. The van der Waals surface area contributed by atoms with Crippen molar-refractivity contribution in [1.82, 2.24) is 19.4 Å². The van der Waals surface area contributed by atoms with Crippen LogP contribution in [0, 0.1) is 6.92 Å². The summed E-state index contributed by atoms with van der Waals surface area (Å²) in [7, 11) is 0. The second-order valence-electron chi connectivity index (χ2n) is 9.76. The SMILES string of the molecule is CCOC(=O)N1Cc2sc3ncn(CCN4CCN(c5c(C)ccc6ccccc56)CC4)c(=O)c3c2C1. The molecular weight excluding hydrogens is 486 g/mol. The first-order chi connectivity index (χ1) is 18.0. The van der Waals surface area contributed by atoms with E-state index in [1.165, 1.54) is 33.4 Å². The molecule has 0 spiro atoms. The van der Waals surface area contributed by atoms with E-state index in [-0.39, 0.29) is 11.7 Å². The number of carbonyl (C=O) groups excluding carboxylic acids is 1. The minimum Gasteiger partial charge on any atom is -0.450 e. The summed E-state index contributed by atoms with van der Waals surface area (Å²) in [4.78, 5) is 38.5. The Hall–Kier alpha value is -3.43. The van der Waals surface area contributed by atoms with Gasteiger partial charge in [0, 0.05) is 60.8 Å². The molecule has 0 N–H and O–H groups in total. The first-order valence-electron chi connectivity index (χ1n) is 12.9. The Morgan fingerprint density at radius 3 is 2.68 bits per heavy atom. The van der Waals surface area contributed by atoms with Crippen molar-refractivity contribution >= 4 is 44.1 Å². The largest absolute Gasteiger partial charge is 0.450 e. The molecular formula is C28H31N5O3S. The number of thiophene rings is 1. The number of fused-ring (bicyclic) bond motifs is 4. The zero-order valence-electron chi connectivity index (χ0n) is 21.3. The monoisotopic (exact) mass is 517 g/mol. The molecule has 2 aliphatic heterocycles. The van der Waals surface area contributed by atoms with Gasteiger partial charge in [0.15, 0.2) is 0 Å². The van der Waals surface area contributed by atoms with E-state index in [9.17, 15) is 9.59 Å². The second kappa shape index (κ2) is 9.79. The van der Waals surface area contributed by atoms with Crippen molar-refractivity contribution in [3.63, 3.8) is 0 Å². The van der Waals surface area contributed by atoms with Gasteiger partial charge in [-0.2, -0.15) is 0 Å². The van der Waals surface area contributed by atoms with Gasteiger partial charge in [0.1, 0.15) is 4.83 Å². The summed E-state index contributed by atoms with van der Waals surface area (Å²) in [5.74, 6) is 0. The van der Waals surface area contributed by atoms with Gasteiger partial charge in [0.25, 0.3) is 5.56 Å². The fraction of sp³-hybridized carbons (Fsp3) is 0.393. The summed E-state index contributed by atoms with van der Waals surface area (Å²) in [6, 6.07) is 13.0. The Kier molecular flexibility index (Phi) is 6.34. The number of amides is 1. The number of rotatable bonds is 5. The highest BCUT2D eigenvalue weighted by molar-refractivity contribution is 7.18. The van der Waals surface area contributed by atoms with Gasteiger partial charge in [0.2, 0.25) is 0 Å². The molecule has 4 heterocycles. The van der Waals surface area contributed by atoms with Crippen LogP contribution in [0.25, 0.3) is 21.0 Å². The second-order valence-corrected chi connectivity index (χ2v) is 10.8. The van der Waals surface area contributed by atoms with Crippen molar-refractivity contribution in [3.8, 4) is 0 Å². The number of hydrogen-bond donors (Lipinski definition) is 0. The molecule has 0 saturated carbocycles. The first-order valence-corrected chi connectivity index (χ1v) is 13.7. The Bertz CT molecular complexity index is 1540. The smallest absolute Gasteiger partial charge is 0.410 e. The van der Waals surface area contributed by atoms with Crippen molar-refractivity contribution in [3.05, 3.63) is 69.1 Å². The van der Waals surface area contributed by atoms with Crippen molar-refractivity contribution in [2.24, 2.45) is 0 Å². The summed E-state index contributed by atoms with van der Waals surface area (Å²) < 4.78 is 6.87. The molecule has 6 rings (SSSR count). The van der Waals surface area contributed by atoms with Crippen LogP contribution in [0.2, 0.25) is 0 Å². The van der Waals surface area contributed by atoms with Gasteiger partial charge < -0.3 is 9.64 Å². The molecule has 0 atom stereocenters. The zero-order chi connectivity index (χ0) is 25.5. The van der Waals surface area contributed by atoms with Crippen molar-refractivity contribution in [2.45, 2.75) is 33.5 Å². The van der Waals surface area contributed by atoms with Gasteiger partial charge in [-0.05, 0) is 24.8 Å². The molecule has 1 fully saturated rings. The molecule has 0 bridgehead atoms. The molecule has 1 amide bonds. The number of anilines is 1. The average Bonchev–Trinajstić information content (AvgIpc) is 3.47. The van der Waals surface area contributed by atoms with Crippen LogP contribution in [0.5, 0.6) is 0 Å². The molecule has 37 heavy (non-hydrogen) atoms. The summed E-state index contributed by atoms with van der Waals surface area (Å²) in [5, 5.41) is 3.25. The average molecular weight is 518 g/mol. The maximum atomic E-state index is 13.4. The maximum absolute atomic E-state index is 13.4. The van der Waals surface area contributed by atoms with Gasteiger partial charge in [-0.1, -0.05) is 36.4 Å². The van der Waals surface area contributed by atoms with Crippen LogP contribution < -0.4 is 10.5 Å². The van der Waals surface area contributed by atoms with Crippen LogP contribution in [0.15, 0.2) is 47.5 Å². The summed E-state index contributed by atoms with van der Waals surface area (Å²) in [6.45, 7) is 10.4. The lowest BCUT2D eigenvalue weighted by molar-refractivity contribution is 0.107. The molecule has 9 heteroatoms. The number of benzene rings is 2. The molecule has 2 aromatic heterocycles. The van der Waals surface area contributed by atoms with Crippen molar-refractivity contribution in [2.75, 3.05) is 44.2 Å². The summed E-state index contributed by atoms with van der Waals surface area (Å²) in [6.07, 6.45) is 1.34. The van der Waals surface area contributed by atoms with E-state index in [1.54, 1.807) is 22.7 Å². The van der Waals surface area contributed by atoms with Crippen molar-refractivity contribution < 1.29 is 9.53 Å². The lowest BCUT2D eigenvalue weighted by Crippen LogP contribution is -2.47. The molecule has 2 aromatic carbocycles. The van der Waals surface area contributed by atoms with Gasteiger partial charge in [-0.3, -0.25) is 19.2 Å². The molecule has 0 unspecified atom stereocenters. The number of hydrogen-bond acceptors (Lipinski definition) is 7. The van der Waals surface area contributed by atoms with Crippen LogP contribution in [0.3, 0.4) is 0 Å². The molecule has 0 radical (unpaired) electrons. The lowest BCUT2D eigenvalue weighted by Gasteiger charge is -2.37. The first kappa shape index (κ1) is 23.9. The minimum atomic E-state index is -0.332. The maximum Gasteiger partial charge on any atom is 0.410 e. The fourth-order valence-corrected chi connectivity index (χ4v) is 6.73. The zero-order valence-corrected chi connectivity index (χ0v) is 22.1. The van der Waals surface area contributed by atoms with Crippen LogP contribution in [0.4, 0.5) is 10.5 Å². The minimum absolute atomic E-state index is 0.0155. The van der Waals surface area contributed by atoms with E-state index in [4.69, 9.17) is 4.74 Å². The quantitative estimate of drug-likeness (QED) is 0.395. The predicted molar refractivity (Wildman–Crippen MR) is 147 cm³/mol.